The van der Waals surface area contributed by atoms with Crippen LogP contribution in [0.15, 0.2) is 18.2 Å². The van der Waals surface area contributed by atoms with Gasteiger partial charge in [0, 0.05) is 12.3 Å². The fraction of sp³-hybridized carbons (Fsp3) is 0.385. The van der Waals surface area contributed by atoms with Gasteiger partial charge < -0.3 is 10.2 Å². The van der Waals surface area contributed by atoms with Gasteiger partial charge in [0.15, 0.2) is 5.78 Å². The summed E-state index contributed by atoms with van der Waals surface area (Å²) in [5.74, 6) is -1.27. The van der Waals surface area contributed by atoms with Crippen LogP contribution in [0.1, 0.15) is 35.2 Å². The van der Waals surface area contributed by atoms with Crippen molar-refractivity contribution in [3.05, 3.63) is 29.3 Å². The van der Waals surface area contributed by atoms with E-state index in [1.807, 2.05) is 6.07 Å². The monoisotopic (exact) mass is 234 g/mol. The number of carboxylic acids is 1. The number of hydrogen-bond donors (Lipinski definition) is 2. The molecule has 0 aliphatic heterocycles. The number of carboxylic acid groups (broad SMARTS) is 1. The number of carbonyl (C=O) groups excluding carboxylic acids is 1. The Bertz CT molecular complexity index is 464. The summed E-state index contributed by atoms with van der Waals surface area (Å²) in [5.41, 5.74) is 1.25. The molecule has 0 bridgehead atoms. The number of carbonyl (C=O) groups is 2. The first-order chi connectivity index (χ1) is 8.09. The molecule has 17 heavy (non-hydrogen) atoms. The maximum Gasteiger partial charge on any atom is 0.303 e. The van der Waals surface area contributed by atoms with Gasteiger partial charge in [-0.3, -0.25) is 9.59 Å². The zero-order chi connectivity index (χ0) is 12.4. The summed E-state index contributed by atoms with van der Waals surface area (Å²) < 4.78 is 0. The molecule has 4 heteroatoms. The van der Waals surface area contributed by atoms with Gasteiger partial charge in [-0.15, -0.1) is 0 Å². The number of aryl methyl sites for hydroxylation is 1. The first kappa shape index (κ1) is 11.6. The fourth-order valence-corrected chi connectivity index (χ4v) is 2.32. The van der Waals surface area contributed by atoms with Gasteiger partial charge in [0.05, 0.1) is 5.56 Å². The molecule has 0 saturated heterocycles. The van der Waals surface area contributed by atoms with Crippen LogP contribution in [0.4, 0.5) is 0 Å². The normalized spacial score (nSPS) is 18.8. The Morgan fingerprint density at radius 2 is 2.18 bits per heavy atom. The van der Waals surface area contributed by atoms with Crippen molar-refractivity contribution < 1.29 is 19.8 Å². The van der Waals surface area contributed by atoms with E-state index in [1.165, 1.54) is 6.07 Å². The van der Waals surface area contributed by atoms with Gasteiger partial charge in [0.25, 0.3) is 0 Å². The van der Waals surface area contributed by atoms with Gasteiger partial charge in [-0.2, -0.15) is 0 Å². The molecule has 0 amide bonds. The summed E-state index contributed by atoms with van der Waals surface area (Å²) in [4.78, 5) is 22.6. The van der Waals surface area contributed by atoms with E-state index in [9.17, 15) is 14.7 Å². The third kappa shape index (κ3) is 2.30. The molecule has 90 valence electrons. The van der Waals surface area contributed by atoms with Crippen LogP contribution in [-0.4, -0.2) is 22.0 Å². The second-order valence-electron chi connectivity index (χ2n) is 4.34. The standard InChI is InChI=1S/C13H14O4/c14-10-3-1-2-8-4-5-9(6-7-11(15)16)13(17)12(8)10/h1-3,9,14H,4-7H2,(H,15,16)/t9-/m0/s1. The van der Waals surface area contributed by atoms with Crippen molar-refractivity contribution in [2.45, 2.75) is 25.7 Å². The second-order valence-corrected chi connectivity index (χ2v) is 4.34. The molecule has 0 aromatic heterocycles. The van der Waals surface area contributed by atoms with Crippen molar-refractivity contribution in [2.24, 2.45) is 5.92 Å². The van der Waals surface area contributed by atoms with Crippen LogP contribution in [0, 0.1) is 5.92 Å². The van der Waals surface area contributed by atoms with Crippen molar-refractivity contribution >= 4 is 11.8 Å². The van der Waals surface area contributed by atoms with Crippen LogP contribution < -0.4 is 0 Å². The Morgan fingerprint density at radius 1 is 1.41 bits per heavy atom. The topological polar surface area (TPSA) is 74.6 Å². The number of ketones is 1. The smallest absolute Gasteiger partial charge is 0.303 e. The number of rotatable bonds is 3. The van der Waals surface area contributed by atoms with Crippen molar-refractivity contribution in [1.29, 1.82) is 0 Å². The number of aliphatic carboxylic acids is 1. The van der Waals surface area contributed by atoms with Crippen LogP contribution in [0.3, 0.4) is 0 Å². The maximum atomic E-state index is 12.1. The lowest BCUT2D eigenvalue weighted by atomic mass is 9.80. The van der Waals surface area contributed by atoms with E-state index < -0.39 is 5.97 Å². The molecule has 1 aliphatic rings. The van der Waals surface area contributed by atoms with Crippen LogP contribution in [-0.2, 0) is 11.2 Å². The molecule has 4 nitrogen and oxygen atoms in total. The molecule has 0 fully saturated rings. The van der Waals surface area contributed by atoms with Gasteiger partial charge in [-0.25, -0.2) is 0 Å². The van der Waals surface area contributed by atoms with E-state index in [2.05, 4.69) is 0 Å². The maximum absolute atomic E-state index is 12.1. The molecule has 0 unspecified atom stereocenters. The molecule has 1 atom stereocenters. The molecule has 1 aliphatic carbocycles. The van der Waals surface area contributed by atoms with Gasteiger partial charge in [0.2, 0.25) is 0 Å². The summed E-state index contributed by atoms with van der Waals surface area (Å²) in [6, 6.07) is 5.05. The number of fused-ring (bicyclic) bond motifs is 1. The Labute approximate surface area is 98.9 Å². The van der Waals surface area contributed by atoms with E-state index in [4.69, 9.17) is 5.11 Å². The summed E-state index contributed by atoms with van der Waals surface area (Å²) in [6.45, 7) is 0. The number of Topliss-reactive ketones (excluding diaryl/α,β-unsaturated/α-hetero) is 1. The minimum Gasteiger partial charge on any atom is -0.507 e. The first-order valence-electron chi connectivity index (χ1n) is 5.66. The highest BCUT2D eigenvalue weighted by Gasteiger charge is 2.29. The lowest BCUT2D eigenvalue weighted by Crippen LogP contribution is -2.23. The summed E-state index contributed by atoms with van der Waals surface area (Å²) in [6.07, 6.45) is 1.74. The van der Waals surface area contributed by atoms with Gasteiger partial charge in [-0.05, 0) is 30.9 Å². The highest BCUT2D eigenvalue weighted by molar-refractivity contribution is 6.02. The van der Waals surface area contributed by atoms with E-state index >= 15 is 0 Å². The molecule has 1 aromatic carbocycles. The minimum atomic E-state index is -0.888. The van der Waals surface area contributed by atoms with Gasteiger partial charge >= 0.3 is 5.97 Å². The predicted molar refractivity (Wildman–Crippen MR) is 61.1 cm³/mol. The SMILES string of the molecule is O=C(O)CC[C@@H]1CCc2cccc(O)c2C1=O. The Balaban J connectivity index is 2.21. The number of phenols is 1. The molecular formula is C13H14O4. The molecule has 2 N–H and O–H groups in total. The zero-order valence-electron chi connectivity index (χ0n) is 9.35. The second kappa shape index (κ2) is 4.57. The molecule has 0 saturated carbocycles. The van der Waals surface area contributed by atoms with E-state index in [0.29, 0.717) is 18.4 Å². The quantitative estimate of drug-likeness (QED) is 0.838. The molecule has 0 heterocycles. The van der Waals surface area contributed by atoms with Crippen LogP contribution in [0.25, 0.3) is 0 Å². The third-order valence-electron chi connectivity index (χ3n) is 3.21. The fourth-order valence-electron chi connectivity index (χ4n) is 2.32. The molecule has 0 radical (unpaired) electrons. The van der Waals surface area contributed by atoms with Crippen molar-refractivity contribution in [2.75, 3.05) is 0 Å². The molecule has 1 aromatic rings. The van der Waals surface area contributed by atoms with E-state index in [1.54, 1.807) is 6.07 Å². The van der Waals surface area contributed by atoms with Gasteiger partial charge in [-0.1, -0.05) is 12.1 Å². The molecule has 2 rings (SSSR count). The minimum absolute atomic E-state index is 0.000659. The summed E-state index contributed by atoms with van der Waals surface area (Å²) in [5, 5.41) is 18.3. The third-order valence-corrected chi connectivity index (χ3v) is 3.21. The van der Waals surface area contributed by atoms with Crippen LogP contribution in [0.5, 0.6) is 5.75 Å². The Kier molecular flexibility index (Phi) is 3.13. The number of aromatic hydroxyl groups is 1. The average Bonchev–Trinajstić information content (AvgIpc) is 2.28. The Hall–Kier alpha value is -1.84. The van der Waals surface area contributed by atoms with E-state index in [-0.39, 0.29) is 23.9 Å². The van der Waals surface area contributed by atoms with Crippen molar-refractivity contribution in [1.82, 2.24) is 0 Å². The Morgan fingerprint density at radius 3 is 2.88 bits per heavy atom. The lowest BCUT2D eigenvalue weighted by Gasteiger charge is -2.23. The van der Waals surface area contributed by atoms with Crippen molar-refractivity contribution in [3.8, 4) is 5.75 Å². The average molecular weight is 234 g/mol. The van der Waals surface area contributed by atoms with Gasteiger partial charge in [0.1, 0.15) is 5.75 Å². The molecular weight excluding hydrogens is 220 g/mol. The van der Waals surface area contributed by atoms with E-state index in [0.717, 1.165) is 12.0 Å². The highest BCUT2D eigenvalue weighted by Crippen LogP contribution is 2.33. The lowest BCUT2D eigenvalue weighted by molar-refractivity contribution is -0.137. The van der Waals surface area contributed by atoms with Crippen LogP contribution in [0.2, 0.25) is 0 Å². The zero-order valence-corrected chi connectivity index (χ0v) is 9.35. The number of benzene rings is 1. The van der Waals surface area contributed by atoms with Crippen LogP contribution >= 0.6 is 0 Å². The number of phenolic OH excluding ortho intramolecular Hbond substituents is 1. The molecule has 0 spiro atoms. The first-order valence-corrected chi connectivity index (χ1v) is 5.66. The predicted octanol–water partition coefficient (Wildman–Crippen LogP) is 2.00. The largest absolute Gasteiger partial charge is 0.507 e. The van der Waals surface area contributed by atoms with Crippen molar-refractivity contribution in [3.63, 3.8) is 0 Å². The summed E-state index contributed by atoms with van der Waals surface area (Å²) in [7, 11) is 0. The highest BCUT2D eigenvalue weighted by atomic mass is 16.4. The number of hydrogen-bond acceptors (Lipinski definition) is 3. The summed E-state index contributed by atoms with van der Waals surface area (Å²) >= 11 is 0.